The lowest BCUT2D eigenvalue weighted by Crippen LogP contribution is -2.16. The summed E-state index contributed by atoms with van der Waals surface area (Å²) in [6.07, 6.45) is 0.0339. The summed E-state index contributed by atoms with van der Waals surface area (Å²) in [4.78, 5) is 20.5. The first kappa shape index (κ1) is 13.4. The first-order valence-corrected chi connectivity index (χ1v) is 5.36. The van der Waals surface area contributed by atoms with E-state index < -0.39 is 22.3 Å². The SMILES string of the molecule is NC(=O)CCNc1cc(Br)c(F)cc1[N+](=O)[O-]. The highest BCUT2D eigenvalue weighted by atomic mass is 79.9. The van der Waals surface area contributed by atoms with E-state index in [2.05, 4.69) is 21.2 Å². The summed E-state index contributed by atoms with van der Waals surface area (Å²) in [6.45, 7) is 0.147. The van der Waals surface area contributed by atoms with E-state index in [0.717, 1.165) is 6.07 Å². The van der Waals surface area contributed by atoms with Gasteiger partial charge in [-0.05, 0) is 22.0 Å². The van der Waals surface area contributed by atoms with Crippen molar-refractivity contribution < 1.29 is 14.1 Å². The minimum Gasteiger partial charge on any atom is -0.379 e. The lowest BCUT2D eigenvalue weighted by atomic mass is 10.2. The van der Waals surface area contributed by atoms with Crippen LogP contribution in [-0.4, -0.2) is 17.4 Å². The lowest BCUT2D eigenvalue weighted by molar-refractivity contribution is -0.384. The molecule has 0 heterocycles. The third-order valence-electron chi connectivity index (χ3n) is 1.92. The van der Waals surface area contributed by atoms with E-state index in [4.69, 9.17) is 5.73 Å². The van der Waals surface area contributed by atoms with Crippen molar-refractivity contribution in [3.63, 3.8) is 0 Å². The standard InChI is InChI=1S/C9H9BrFN3O3/c10-5-3-7(13-2-1-9(12)15)8(14(16)17)4-6(5)11/h3-4,13H,1-2H2,(H2,12,15). The molecule has 17 heavy (non-hydrogen) atoms. The number of anilines is 1. The van der Waals surface area contributed by atoms with Crippen LogP contribution in [0.3, 0.4) is 0 Å². The van der Waals surface area contributed by atoms with E-state index in [-0.39, 0.29) is 23.1 Å². The molecule has 0 saturated carbocycles. The van der Waals surface area contributed by atoms with E-state index in [1.165, 1.54) is 6.07 Å². The summed E-state index contributed by atoms with van der Waals surface area (Å²) in [5, 5.41) is 13.3. The fourth-order valence-electron chi connectivity index (χ4n) is 1.15. The van der Waals surface area contributed by atoms with Gasteiger partial charge in [0.25, 0.3) is 5.69 Å². The predicted octanol–water partition coefficient (Wildman–Crippen LogP) is 1.78. The normalized spacial score (nSPS) is 10.0. The molecule has 0 aliphatic heterocycles. The highest BCUT2D eigenvalue weighted by molar-refractivity contribution is 9.10. The van der Waals surface area contributed by atoms with Crippen LogP contribution in [0.2, 0.25) is 0 Å². The third kappa shape index (κ3) is 3.66. The molecule has 0 atom stereocenters. The maximum Gasteiger partial charge on any atom is 0.295 e. The smallest absolute Gasteiger partial charge is 0.295 e. The number of rotatable bonds is 5. The van der Waals surface area contributed by atoms with Crippen LogP contribution >= 0.6 is 15.9 Å². The molecule has 8 heteroatoms. The largest absolute Gasteiger partial charge is 0.379 e. The Morgan fingerprint density at radius 3 is 2.76 bits per heavy atom. The number of carbonyl (C=O) groups is 1. The zero-order chi connectivity index (χ0) is 13.0. The second-order valence-electron chi connectivity index (χ2n) is 3.18. The Hall–Kier alpha value is -1.70. The van der Waals surface area contributed by atoms with Crippen LogP contribution in [0.5, 0.6) is 0 Å². The van der Waals surface area contributed by atoms with E-state index in [9.17, 15) is 19.3 Å². The average molecular weight is 306 g/mol. The molecule has 0 aromatic heterocycles. The Morgan fingerprint density at radius 1 is 1.59 bits per heavy atom. The van der Waals surface area contributed by atoms with E-state index in [0.29, 0.717) is 0 Å². The number of nitrogens with one attached hydrogen (secondary N) is 1. The molecule has 6 nitrogen and oxygen atoms in total. The number of benzene rings is 1. The zero-order valence-corrected chi connectivity index (χ0v) is 10.2. The van der Waals surface area contributed by atoms with Crippen LogP contribution in [0.15, 0.2) is 16.6 Å². The van der Waals surface area contributed by atoms with Gasteiger partial charge in [-0.1, -0.05) is 0 Å². The zero-order valence-electron chi connectivity index (χ0n) is 8.57. The van der Waals surface area contributed by atoms with Gasteiger partial charge in [0.15, 0.2) is 0 Å². The van der Waals surface area contributed by atoms with E-state index in [1.807, 2.05) is 0 Å². The number of primary amides is 1. The minimum absolute atomic E-state index is 0.0339. The fraction of sp³-hybridized carbons (Fsp3) is 0.222. The molecule has 0 saturated heterocycles. The monoisotopic (exact) mass is 305 g/mol. The van der Waals surface area contributed by atoms with Crippen molar-refractivity contribution >= 4 is 33.2 Å². The van der Waals surface area contributed by atoms with Crippen molar-refractivity contribution in [2.24, 2.45) is 5.73 Å². The number of amides is 1. The summed E-state index contributed by atoms with van der Waals surface area (Å²) in [6, 6.07) is 2.05. The number of halogens is 2. The number of nitro benzene ring substituents is 1. The first-order valence-electron chi connectivity index (χ1n) is 4.57. The Morgan fingerprint density at radius 2 is 2.24 bits per heavy atom. The Bertz CT molecular complexity index is 467. The Balaban J connectivity index is 2.92. The molecule has 0 aliphatic rings. The van der Waals surface area contributed by atoms with Crippen molar-refractivity contribution in [1.82, 2.24) is 0 Å². The number of hydrogen-bond donors (Lipinski definition) is 2. The molecule has 1 amide bonds. The average Bonchev–Trinajstić information content (AvgIpc) is 2.22. The van der Waals surface area contributed by atoms with Crippen LogP contribution < -0.4 is 11.1 Å². The molecule has 1 rings (SSSR count). The summed E-state index contributed by atoms with van der Waals surface area (Å²) >= 11 is 2.92. The molecule has 0 bridgehead atoms. The Kier molecular flexibility index (Phi) is 4.38. The number of carbonyl (C=O) groups excluding carboxylic acids is 1. The van der Waals surface area contributed by atoms with Gasteiger partial charge in [-0.2, -0.15) is 0 Å². The van der Waals surface area contributed by atoms with Crippen molar-refractivity contribution in [3.8, 4) is 0 Å². The van der Waals surface area contributed by atoms with Gasteiger partial charge in [-0.25, -0.2) is 4.39 Å². The number of nitrogens with zero attached hydrogens (tertiary/aromatic N) is 1. The molecule has 1 aromatic rings. The highest BCUT2D eigenvalue weighted by Gasteiger charge is 2.17. The van der Waals surface area contributed by atoms with Gasteiger partial charge in [0, 0.05) is 13.0 Å². The van der Waals surface area contributed by atoms with Gasteiger partial charge in [-0.3, -0.25) is 14.9 Å². The molecule has 0 unspecified atom stereocenters. The van der Waals surface area contributed by atoms with Gasteiger partial charge in [-0.15, -0.1) is 0 Å². The first-order chi connectivity index (χ1) is 7.91. The van der Waals surface area contributed by atoms with Crippen LogP contribution in [0, 0.1) is 15.9 Å². The molecule has 0 aliphatic carbocycles. The van der Waals surface area contributed by atoms with Crippen molar-refractivity contribution in [2.75, 3.05) is 11.9 Å². The summed E-state index contributed by atoms with van der Waals surface area (Å²) in [5.74, 6) is -1.25. The molecule has 1 aromatic carbocycles. The van der Waals surface area contributed by atoms with Crippen LogP contribution in [0.1, 0.15) is 6.42 Å². The third-order valence-corrected chi connectivity index (χ3v) is 2.53. The van der Waals surface area contributed by atoms with Crippen LogP contribution in [0.25, 0.3) is 0 Å². The summed E-state index contributed by atoms with van der Waals surface area (Å²) < 4.78 is 13.2. The van der Waals surface area contributed by atoms with Crippen LogP contribution in [0.4, 0.5) is 15.8 Å². The van der Waals surface area contributed by atoms with Gasteiger partial charge in [0.05, 0.1) is 15.5 Å². The van der Waals surface area contributed by atoms with Crippen molar-refractivity contribution in [2.45, 2.75) is 6.42 Å². The number of nitro groups is 1. The molecular weight excluding hydrogens is 297 g/mol. The molecule has 3 N–H and O–H groups in total. The highest BCUT2D eigenvalue weighted by Crippen LogP contribution is 2.30. The fourth-order valence-corrected chi connectivity index (χ4v) is 1.49. The molecule has 0 radical (unpaired) electrons. The maximum atomic E-state index is 13.1. The van der Waals surface area contributed by atoms with E-state index >= 15 is 0 Å². The lowest BCUT2D eigenvalue weighted by Gasteiger charge is -2.06. The molecule has 92 valence electrons. The molecular formula is C9H9BrFN3O3. The van der Waals surface area contributed by atoms with Crippen LogP contribution in [-0.2, 0) is 4.79 Å². The summed E-state index contributed by atoms with van der Waals surface area (Å²) in [5.41, 5.74) is 4.66. The summed E-state index contributed by atoms with van der Waals surface area (Å²) in [7, 11) is 0. The van der Waals surface area contributed by atoms with Gasteiger partial charge in [0.2, 0.25) is 5.91 Å². The topological polar surface area (TPSA) is 98.3 Å². The maximum absolute atomic E-state index is 13.1. The second kappa shape index (κ2) is 5.58. The molecule has 0 spiro atoms. The minimum atomic E-state index is -0.725. The van der Waals surface area contributed by atoms with Gasteiger partial charge < -0.3 is 11.1 Å². The predicted molar refractivity (Wildman–Crippen MR) is 63.1 cm³/mol. The molecule has 0 fully saturated rings. The van der Waals surface area contributed by atoms with Gasteiger partial charge >= 0.3 is 0 Å². The number of nitrogens with two attached hydrogens (primary N) is 1. The van der Waals surface area contributed by atoms with Gasteiger partial charge in [0.1, 0.15) is 11.5 Å². The quantitative estimate of drug-likeness (QED) is 0.640. The Labute approximate surface area is 104 Å². The number of hydrogen-bond acceptors (Lipinski definition) is 4. The second-order valence-corrected chi connectivity index (χ2v) is 4.04. The van der Waals surface area contributed by atoms with Crippen molar-refractivity contribution in [3.05, 3.63) is 32.5 Å². The van der Waals surface area contributed by atoms with E-state index in [1.54, 1.807) is 0 Å². The van der Waals surface area contributed by atoms with Crippen molar-refractivity contribution in [1.29, 1.82) is 0 Å².